The Balaban J connectivity index is 1.54. The van der Waals surface area contributed by atoms with Crippen LogP contribution in [0, 0.1) is 40.4 Å². The maximum atomic E-state index is 13.2. The predicted molar refractivity (Wildman–Crippen MR) is 122 cm³/mol. The van der Waals surface area contributed by atoms with Crippen molar-refractivity contribution >= 4 is 11.8 Å². The van der Waals surface area contributed by atoms with Gasteiger partial charge in [-0.05, 0) is 73.1 Å². The first kappa shape index (κ1) is 24.5. The molecule has 4 rings (SSSR count). The number of carbonyl (C=O) groups excluding carboxylic acids is 2. The number of nitrogens with zero attached hydrogens (tertiary/aromatic N) is 3. The molecule has 0 spiro atoms. The van der Waals surface area contributed by atoms with Crippen LogP contribution in [0.25, 0.3) is 10.4 Å². The fourth-order valence-corrected chi connectivity index (χ4v) is 8.10. The summed E-state index contributed by atoms with van der Waals surface area (Å²) in [5.74, 6) is 0.326. The SMILES string of the molecule is CC[C@@H](C)[C@@H](N=[N+]=[N-])C(=O)O[C@H]1CC[C@H]2[C@@H]3CC(=O)[C@H]4C[C@H](O)[C@H](O)C[C@]4(C)[C@H]3CC[C@]12C. The van der Waals surface area contributed by atoms with Gasteiger partial charge in [0, 0.05) is 22.7 Å². The van der Waals surface area contributed by atoms with Gasteiger partial charge in [-0.2, -0.15) is 0 Å². The van der Waals surface area contributed by atoms with Crippen molar-refractivity contribution in [1.29, 1.82) is 0 Å². The summed E-state index contributed by atoms with van der Waals surface area (Å²) >= 11 is 0. The molecule has 0 amide bonds. The minimum Gasteiger partial charge on any atom is -0.461 e. The van der Waals surface area contributed by atoms with Crippen molar-refractivity contribution in [2.75, 3.05) is 0 Å². The van der Waals surface area contributed by atoms with Gasteiger partial charge in [0.2, 0.25) is 0 Å². The first-order valence-corrected chi connectivity index (χ1v) is 12.7. The molecule has 0 heterocycles. The number of ketones is 1. The van der Waals surface area contributed by atoms with Crippen LogP contribution in [0.1, 0.15) is 79.1 Å². The molecular weight excluding hydrogens is 422 g/mol. The second-order valence-electron chi connectivity index (χ2n) is 11.8. The maximum Gasteiger partial charge on any atom is 0.315 e. The molecule has 0 saturated heterocycles. The van der Waals surface area contributed by atoms with Crippen molar-refractivity contribution < 1.29 is 24.5 Å². The lowest BCUT2D eigenvalue weighted by atomic mass is 9.44. The number of Topliss-reactive ketones (excluding diaryl/α,β-unsaturated/α-hetero) is 1. The Morgan fingerprint density at radius 3 is 2.58 bits per heavy atom. The first-order chi connectivity index (χ1) is 15.6. The molecular formula is C25H39N3O5. The van der Waals surface area contributed by atoms with Crippen LogP contribution in [-0.2, 0) is 14.3 Å². The van der Waals surface area contributed by atoms with E-state index in [4.69, 9.17) is 10.3 Å². The molecule has 4 fully saturated rings. The Morgan fingerprint density at radius 1 is 1.21 bits per heavy atom. The molecule has 0 radical (unpaired) electrons. The summed E-state index contributed by atoms with van der Waals surface area (Å²) in [4.78, 5) is 29.1. The van der Waals surface area contributed by atoms with Crippen LogP contribution in [0.15, 0.2) is 5.11 Å². The molecule has 2 N–H and O–H groups in total. The lowest BCUT2D eigenvalue weighted by Crippen LogP contribution is -2.59. The van der Waals surface area contributed by atoms with E-state index < -0.39 is 24.2 Å². The Morgan fingerprint density at radius 2 is 1.91 bits per heavy atom. The minimum atomic E-state index is -0.817. The molecule has 0 bridgehead atoms. The van der Waals surface area contributed by atoms with Crippen LogP contribution in [0.2, 0.25) is 0 Å². The van der Waals surface area contributed by atoms with Gasteiger partial charge >= 0.3 is 5.97 Å². The van der Waals surface area contributed by atoms with Crippen molar-refractivity contribution in [2.45, 2.75) is 103 Å². The topological polar surface area (TPSA) is 133 Å². The number of fused-ring (bicyclic) bond motifs is 5. The Bertz CT molecular complexity index is 844. The maximum absolute atomic E-state index is 13.2. The highest BCUT2D eigenvalue weighted by molar-refractivity contribution is 5.83. The number of esters is 1. The zero-order chi connectivity index (χ0) is 24.1. The van der Waals surface area contributed by atoms with E-state index in [9.17, 15) is 19.8 Å². The molecule has 0 aromatic heterocycles. The number of hydrogen-bond acceptors (Lipinski definition) is 6. The third-order valence-electron chi connectivity index (χ3n) is 10.2. The summed E-state index contributed by atoms with van der Waals surface area (Å²) in [6, 6.07) is -0.815. The monoisotopic (exact) mass is 461 g/mol. The molecule has 0 unspecified atom stereocenters. The number of carbonyl (C=O) groups is 2. The normalized spacial score (nSPS) is 46.2. The Kier molecular flexibility index (Phi) is 6.58. The molecule has 0 aromatic carbocycles. The van der Waals surface area contributed by atoms with E-state index >= 15 is 0 Å². The Labute approximate surface area is 196 Å². The fraction of sp³-hybridized carbons (Fsp3) is 0.920. The molecule has 0 aromatic rings. The summed E-state index contributed by atoms with van der Waals surface area (Å²) in [5.41, 5.74) is 8.42. The van der Waals surface area contributed by atoms with Gasteiger partial charge in [0.1, 0.15) is 17.9 Å². The highest BCUT2D eigenvalue weighted by Gasteiger charge is 2.63. The predicted octanol–water partition coefficient (Wildman–Crippen LogP) is 4.18. The Hall–Kier alpha value is -1.63. The summed E-state index contributed by atoms with van der Waals surface area (Å²) in [6.45, 7) is 8.20. The highest BCUT2D eigenvalue weighted by atomic mass is 16.5. The van der Waals surface area contributed by atoms with Crippen LogP contribution < -0.4 is 0 Å². The summed E-state index contributed by atoms with van der Waals surface area (Å²) in [5, 5.41) is 24.4. The largest absolute Gasteiger partial charge is 0.461 e. The summed E-state index contributed by atoms with van der Waals surface area (Å²) in [7, 11) is 0. The molecule has 4 saturated carbocycles. The summed E-state index contributed by atoms with van der Waals surface area (Å²) < 4.78 is 6.03. The van der Waals surface area contributed by atoms with Crippen LogP contribution in [0.5, 0.6) is 0 Å². The second-order valence-corrected chi connectivity index (χ2v) is 11.8. The zero-order valence-corrected chi connectivity index (χ0v) is 20.3. The van der Waals surface area contributed by atoms with Crippen molar-refractivity contribution in [3.05, 3.63) is 10.4 Å². The van der Waals surface area contributed by atoms with E-state index in [1.54, 1.807) is 0 Å². The van der Waals surface area contributed by atoms with Crippen molar-refractivity contribution in [1.82, 2.24) is 0 Å². The van der Waals surface area contributed by atoms with Crippen molar-refractivity contribution in [3.8, 4) is 0 Å². The third-order valence-corrected chi connectivity index (χ3v) is 10.2. The number of rotatable bonds is 5. The zero-order valence-electron chi connectivity index (χ0n) is 20.3. The average Bonchev–Trinajstić information content (AvgIpc) is 3.09. The smallest absolute Gasteiger partial charge is 0.315 e. The first-order valence-electron chi connectivity index (χ1n) is 12.7. The van der Waals surface area contributed by atoms with Crippen molar-refractivity contribution in [3.63, 3.8) is 0 Å². The van der Waals surface area contributed by atoms with Crippen LogP contribution in [0.3, 0.4) is 0 Å². The quantitative estimate of drug-likeness (QED) is 0.274. The van der Waals surface area contributed by atoms with E-state index in [2.05, 4.69) is 23.9 Å². The molecule has 11 atom stereocenters. The number of aliphatic hydroxyl groups is 2. The van der Waals surface area contributed by atoms with E-state index in [0.29, 0.717) is 25.2 Å². The summed E-state index contributed by atoms with van der Waals surface area (Å²) in [6.07, 6.45) is 3.73. The fourth-order valence-electron chi connectivity index (χ4n) is 8.10. The molecule has 8 nitrogen and oxygen atoms in total. The van der Waals surface area contributed by atoms with Gasteiger partial charge < -0.3 is 14.9 Å². The van der Waals surface area contributed by atoms with Crippen LogP contribution in [0.4, 0.5) is 0 Å². The average molecular weight is 462 g/mol. The van der Waals surface area contributed by atoms with Crippen LogP contribution >= 0.6 is 0 Å². The molecule has 184 valence electrons. The number of azide groups is 1. The third kappa shape index (κ3) is 3.88. The molecule has 8 heteroatoms. The van der Waals surface area contributed by atoms with Crippen LogP contribution in [-0.4, -0.2) is 46.3 Å². The van der Waals surface area contributed by atoms with Gasteiger partial charge in [-0.15, -0.1) is 0 Å². The highest BCUT2D eigenvalue weighted by Crippen LogP contribution is 2.65. The standard InChI is InChI=1S/C25H39N3O5/c1-5-13(2)22(27-28-26)23(32)33-21-7-6-15-14-10-18(29)17-11-19(30)20(31)12-25(17,4)16(14)8-9-24(15,21)3/h13-17,19-22,30-31H,5-12H2,1-4H3/t13-,14+,15+,16+,17-,19+,20-,21+,22-,24+,25-/m1/s1. The lowest BCUT2D eigenvalue weighted by Gasteiger charge is -2.60. The van der Waals surface area contributed by atoms with E-state index in [1.807, 2.05) is 13.8 Å². The van der Waals surface area contributed by atoms with Gasteiger partial charge in [-0.1, -0.05) is 39.2 Å². The lowest BCUT2D eigenvalue weighted by molar-refractivity contribution is -0.181. The van der Waals surface area contributed by atoms with Gasteiger partial charge in [-0.3, -0.25) is 9.59 Å². The second kappa shape index (κ2) is 8.86. The number of ether oxygens (including phenoxy) is 1. The molecule has 4 aliphatic carbocycles. The van der Waals surface area contributed by atoms with Gasteiger partial charge in [-0.25, -0.2) is 0 Å². The molecule has 4 aliphatic rings. The molecule has 33 heavy (non-hydrogen) atoms. The van der Waals surface area contributed by atoms with E-state index in [0.717, 1.165) is 32.1 Å². The van der Waals surface area contributed by atoms with E-state index in [-0.39, 0.29) is 46.4 Å². The van der Waals surface area contributed by atoms with Gasteiger partial charge in [0.25, 0.3) is 0 Å². The van der Waals surface area contributed by atoms with Gasteiger partial charge in [0.05, 0.1) is 12.2 Å². The number of hydrogen-bond donors (Lipinski definition) is 2. The molecule has 0 aliphatic heterocycles. The van der Waals surface area contributed by atoms with E-state index in [1.165, 1.54) is 0 Å². The van der Waals surface area contributed by atoms with Gasteiger partial charge in [0.15, 0.2) is 0 Å². The van der Waals surface area contributed by atoms with Crippen molar-refractivity contribution in [2.24, 2.45) is 45.5 Å². The minimum absolute atomic E-state index is 0.0879. The number of aliphatic hydroxyl groups excluding tert-OH is 2.